The van der Waals surface area contributed by atoms with Crippen molar-refractivity contribution in [2.45, 2.75) is 24.0 Å². The lowest BCUT2D eigenvalue weighted by atomic mass is 10.2. The number of non-ortho nitro benzene ring substituents is 1. The van der Waals surface area contributed by atoms with Gasteiger partial charge in [-0.2, -0.15) is 0 Å². The van der Waals surface area contributed by atoms with Crippen LogP contribution in [0.3, 0.4) is 0 Å². The van der Waals surface area contributed by atoms with Gasteiger partial charge in [-0.15, -0.1) is 11.8 Å². The van der Waals surface area contributed by atoms with Crippen LogP contribution in [0.1, 0.15) is 12.5 Å². The van der Waals surface area contributed by atoms with Crippen LogP contribution in [-0.2, 0) is 4.79 Å². The third-order valence-electron chi connectivity index (χ3n) is 3.05. The van der Waals surface area contributed by atoms with Crippen molar-refractivity contribution in [3.8, 4) is 0 Å². The lowest BCUT2D eigenvalue weighted by Gasteiger charge is -2.12. The zero-order valence-corrected chi connectivity index (χ0v) is 13.1. The van der Waals surface area contributed by atoms with Crippen molar-refractivity contribution in [2.75, 3.05) is 5.32 Å². The topological polar surface area (TPSA) is 72.2 Å². The fourth-order valence-corrected chi connectivity index (χ4v) is 2.65. The number of nitrogens with zero attached hydrogens (tertiary/aromatic N) is 1. The van der Waals surface area contributed by atoms with Gasteiger partial charge in [0.05, 0.1) is 10.2 Å². The molecule has 0 heterocycles. The molecule has 0 radical (unpaired) electrons. The van der Waals surface area contributed by atoms with E-state index in [1.54, 1.807) is 19.1 Å². The molecule has 1 N–H and O–H groups in total. The van der Waals surface area contributed by atoms with Crippen LogP contribution in [-0.4, -0.2) is 16.1 Å². The van der Waals surface area contributed by atoms with Crippen LogP contribution in [0.5, 0.6) is 0 Å². The second-order valence-corrected chi connectivity index (χ2v) is 6.28. The minimum atomic E-state index is -0.442. The van der Waals surface area contributed by atoms with Crippen molar-refractivity contribution in [1.29, 1.82) is 0 Å². The van der Waals surface area contributed by atoms with Crippen LogP contribution in [0, 0.1) is 17.0 Å². The second-order valence-electron chi connectivity index (χ2n) is 4.87. The van der Waals surface area contributed by atoms with E-state index >= 15 is 0 Å². The molecule has 6 heteroatoms. The number of amides is 1. The standard InChI is InChI=1S/C16H16N2O3S/c1-11-3-5-13(6-4-11)17-16(19)12(2)22-15-9-7-14(8-10-15)18(20)21/h3-10,12H,1-2H3,(H,17,19). The predicted molar refractivity (Wildman–Crippen MR) is 88.2 cm³/mol. The highest BCUT2D eigenvalue weighted by molar-refractivity contribution is 8.00. The molecule has 1 atom stereocenters. The Morgan fingerprint density at radius 1 is 1.14 bits per heavy atom. The fraction of sp³-hybridized carbons (Fsp3) is 0.188. The molecule has 5 nitrogen and oxygen atoms in total. The molecule has 2 aromatic rings. The van der Waals surface area contributed by atoms with Crippen molar-refractivity contribution in [3.63, 3.8) is 0 Å². The lowest BCUT2D eigenvalue weighted by molar-refractivity contribution is -0.384. The molecule has 22 heavy (non-hydrogen) atoms. The van der Waals surface area contributed by atoms with Gasteiger partial charge in [0.2, 0.25) is 5.91 Å². The summed E-state index contributed by atoms with van der Waals surface area (Å²) in [6.45, 7) is 3.79. The first-order valence-electron chi connectivity index (χ1n) is 6.74. The lowest BCUT2D eigenvalue weighted by Crippen LogP contribution is -2.22. The minimum Gasteiger partial charge on any atom is -0.325 e. The Hall–Kier alpha value is -2.34. The third-order valence-corrected chi connectivity index (χ3v) is 4.16. The molecule has 0 aliphatic heterocycles. The molecule has 0 saturated carbocycles. The van der Waals surface area contributed by atoms with Gasteiger partial charge in [-0.1, -0.05) is 17.7 Å². The van der Waals surface area contributed by atoms with E-state index in [2.05, 4.69) is 5.32 Å². The Labute approximate surface area is 132 Å². The van der Waals surface area contributed by atoms with Gasteiger partial charge < -0.3 is 5.32 Å². The van der Waals surface area contributed by atoms with Crippen molar-refractivity contribution in [2.24, 2.45) is 0 Å². The maximum Gasteiger partial charge on any atom is 0.269 e. The van der Waals surface area contributed by atoms with Gasteiger partial charge in [0.25, 0.3) is 5.69 Å². The van der Waals surface area contributed by atoms with Crippen LogP contribution >= 0.6 is 11.8 Å². The van der Waals surface area contributed by atoms with E-state index < -0.39 is 4.92 Å². The normalized spacial score (nSPS) is 11.7. The zero-order chi connectivity index (χ0) is 16.1. The molecule has 0 spiro atoms. The van der Waals surface area contributed by atoms with Gasteiger partial charge >= 0.3 is 0 Å². The molecule has 1 unspecified atom stereocenters. The Kier molecular flexibility index (Phi) is 5.16. The van der Waals surface area contributed by atoms with Gasteiger partial charge in [-0.25, -0.2) is 0 Å². The molecule has 0 fully saturated rings. The number of thioether (sulfide) groups is 1. The van der Waals surface area contributed by atoms with E-state index in [0.717, 1.165) is 16.1 Å². The summed E-state index contributed by atoms with van der Waals surface area (Å²) in [6, 6.07) is 13.8. The average molecular weight is 316 g/mol. The number of benzene rings is 2. The SMILES string of the molecule is Cc1ccc(NC(=O)C(C)Sc2ccc([N+](=O)[O-])cc2)cc1. The van der Waals surface area contributed by atoms with E-state index in [0.29, 0.717) is 0 Å². The van der Waals surface area contributed by atoms with Gasteiger partial charge in [-0.05, 0) is 38.1 Å². The summed E-state index contributed by atoms with van der Waals surface area (Å²) in [7, 11) is 0. The smallest absolute Gasteiger partial charge is 0.269 e. The zero-order valence-electron chi connectivity index (χ0n) is 12.3. The Morgan fingerprint density at radius 2 is 1.73 bits per heavy atom. The van der Waals surface area contributed by atoms with Crippen LogP contribution in [0.2, 0.25) is 0 Å². The van der Waals surface area contributed by atoms with Crippen LogP contribution in [0.15, 0.2) is 53.4 Å². The number of carbonyl (C=O) groups is 1. The van der Waals surface area contributed by atoms with E-state index in [1.807, 2.05) is 31.2 Å². The maximum atomic E-state index is 12.1. The number of nitrogens with one attached hydrogen (secondary N) is 1. The maximum absolute atomic E-state index is 12.1. The highest BCUT2D eigenvalue weighted by atomic mass is 32.2. The van der Waals surface area contributed by atoms with Crippen LogP contribution in [0.25, 0.3) is 0 Å². The number of anilines is 1. The van der Waals surface area contributed by atoms with Crippen LogP contribution in [0.4, 0.5) is 11.4 Å². The predicted octanol–water partition coefficient (Wildman–Crippen LogP) is 4.02. The number of rotatable bonds is 5. The molecule has 114 valence electrons. The first-order valence-corrected chi connectivity index (χ1v) is 7.62. The minimum absolute atomic E-state index is 0.0427. The van der Waals surface area contributed by atoms with Gasteiger partial charge in [0, 0.05) is 22.7 Å². The van der Waals surface area contributed by atoms with E-state index in [9.17, 15) is 14.9 Å². The first kappa shape index (κ1) is 16.0. The summed E-state index contributed by atoms with van der Waals surface area (Å²) >= 11 is 1.36. The molecule has 0 saturated heterocycles. The van der Waals surface area contributed by atoms with Crippen LogP contribution < -0.4 is 5.32 Å². The number of hydrogen-bond donors (Lipinski definition) is 1. The highest BCUT2D eigenvalue weighted by Crippen LogP contribution is 2.26. The number of hydrogen-bond acceptors (Lipinski definition) is 4. The summed E-state index contributed by atoms with van der Waals surface area (Å²) in [5, 5.41) is 13.2. The second kappa shape index (κ2) is 7.09. The molecule has 2 aromatic carbocycles. The largest absolute Gasteiger partial charge is 0.325 e. The van der Waals surface area contributed by atoms with Gasteiger partial charge in [0.15, 0.2) is 0 Å². The molecule has 0 bridgehead atoms. The Morgan fingerprint density at radius 3 is 2.27 bits per heavy atom. The summed E-state index contributed by atoms with van der Waals surface area (Å²) in [6.07, 6.45) is 0. The summed E-state index contributed by atoms with van der Waals surface area (Å²) in [5.41, 5.74) is 1.93. The van der Waals surface area contributed by atoms with Crippen molar-refractivity contribution < 1.29 is 9.72 Å². The average Bonchev–Trinajstić information content (AvgIpc) is 2.50. The molecular formula is C16H16N2O3S. The first-order chi connectivity index (χ1) is 10.5. The van der Waals surface area contributed by atoms with Gasteiger partial charge in [0.1, 0.15) is 0 Å². The molecular weight excluding hydrogens is 300 g/mol. The monoisotopic (exact) mass is 316 g/mol. The van der Waals surface area contributed by atoms with E-state index in [4.69, 9.17) is 0 Å². The van der Waals surface area contributed by atoms with E-state index in [-0.39, 0.29) is 16.8 Å². The summed E-state index contributed by atoms with van der Waals surface area (Å²) < 4.78 is 0. The van der Waals surface area contributed by atoms with Crippen molar-refractivity contribution in [1.82, 2.24) is 0 Å². The quantitative estimate of drug-likeness (QED) is 0.513. The number of aryl methyl sites for hydroxylation is 1. The molecule has 0 aromatic heterocycles. The molecule has 1 amide bonds. The molecule has 2 rings (SSSR count). The summed E-state index contributed by atoms with van der Waals surface area (Å²) in [4.78, 5) is 23.1. The molecule has 0 aliphatic carbocycles. The number of nitro groups is 1. The van der Waals surface area contributed by atoms with Crippen molar-refractivity contribution >= 4 is 29.0 Å². The molecule has 0 aliphatic rings. The van der Waals surface area contributed by atoms with Gasteiger partial charge in [-0.3, -0.25) is 14.9 Å². The highest BCUT2D eigenvalue weighted by Gasteiger charge is 2.15. The Bertz CT molecular complexity index is 669. The summed E-state index contributed by atoms with van der Waals surface area (Å²) in [5.74, 6) is -0.104. The fourth-order valence-electron chi connectivity index (χ4n) is 1.78. The number of carbonyl (C=O) groups excluding carboxylic acids is 1. The van der Waals surface area contributed by atoms with E-state index in [1.165, 1.54) is 23.9 Å². The Balaban J connectivity index is 1.95. The third kappa shape index (κ3) is 4.33. The number of nitro benzene ring substituents is 1. The van der Waals surface area contributed by atoms with Crippen molar-refractivity contribution in [3.05, 3.63) is 64.2 Å².